The van der Waals surface area contributed by atoms with Gasteiger partial charge in [0.25, 0.3) is 5.91 Å². The van der Waals surface area contributed by atoms with Crippen LogP contribution in [0.5, 0.6) is 5.75 Å². The van der Waals surface area contributed by atoms with Gasteiger partial charge in [-0.15, -0.1) is 0 Å². The predicted octanol–water partition coefficient (Wildman–Crippen LogP) is -0.0202. The van der Waals surface area contributed by atoms with Crippen molar-refractivity contribution < 1.29 is 29.0 Å². The molecular formula is C12H13FN2O5. The standard InChI is InChI=1S/C12H13FN2O5/c13-6-2-1-3-8(16)10(6)11(18)15-7(12(19)20)4-5-9(14)17/h1-3,7,16H,4-5H2,(H2,14,17)(H,15,18)(H,19,20)/t7-/m0/s1. The first kappa shape index (κ1) is 15.4. The first-order valence-corrected chi connectivity index (χ1v) is 5.62. The number of hydrogen-bond acceptors (Lipinski definition) is 4. The van der Waals surface area contributed by atoms with Crippen molar-refractivity contribution in [1.29, 1.82) is 0 Å². The third-order valence-electron chi connectivity index (χ3n) is 2.50. The van der Waals surface area contributed by atoms with Gasteiger partial charge in [-0.05, 0) is 18.6 Å². The van der Waals surface area contributed by atoms with Crippen molar-refractivity contribution in [3.05, 3.63) is 29.6 Å². The lowest BCUT2D eigenvalue weighted by Gasteiger charge is -2.14. The molecule has 0 aromatic heterocycles. The molecule has 7 nitrogen and oxygen atoms in total. The van der Waals surface area contributed by atoms with E-state index in [4.69, 9.17) is 10.8 Å². The second kappa shape index (κ2) is 6.50. The monoisotopic (exact) mass is 284 g/mol. The number of aliphatic carboxylic acids is 1. The Bertz CT molecular complexity index is 526. The fourth-order valence-corrected chi connectivity index (χ4v) is 1.51. The average molecular weight is 284 g/mol. The quantitative estimate of drug-likeness (QED) is 0.583. The number of amides is 2. The van der Waals surface area contributed by atoms with Gasteiger partial charge in [-0.3, -0.25) is 9.59 Å². The van der Waals surface area contributed by atoms with Crippen LogP contribution in [0.1, 0.15) is 23.2 Å². The summed E-state index contributed by atoms with van der Waals surface area (Å²) >= 11 is 0. The lowest BCUT2D eigenvalue weighted by atomic mass is 10.1. The second-order valence-corrected chi connectivity index (χ2v) is 4.00. The highest BCUT2D eigenvalue weighted by atomic mass is 19.1. The number of carbonyl (C=O) groups is 3. The summed E-state index contributed by atoms with van der Waals surface area (Å²) in [6.45, 7) is 0. The number of halogens is 1. The summed E-state index contributed by atoms with van der Waals surface area (Å²) in [4.78, 5) is 33.3. The van der Waals surface area contributed by atoms with Gasteiger partial charge < -0.3 is 21.3 Å². The van der Waals surface area contributed by atoms with Gasteiger partial charge in [0.2, 0.25) is 5.91 Å². The lowest BCUT2D eigenvalue weighted by Crippen LogP contribution is -2.41. The van der Waals surface area contributed by atoms with Gasteiger partial charge in [-0.25, -0.2) is 9.18 Å². The molecule has 0 aliphatic heterocycles. The van der Waals surface area contributed by atoms with Crippen molar-refractivity contribution >= 4 is 17.8 Å². The Morgan fingerprint density at radius 2 is 2.00 bits per heavy atom. The Morgan fingerprint density at radius 1 is 1.35 bits per heavy atom. The van der Waals surface area contributed by atoms with Crippen molar-refractivity contribution in [1.82, 2.24) is 5.32 Å². The highest BCUT2D eigenvalue weighted by Gasteiger charge is 2.24. The molecule has 0 heterocycles. The van der Waals surface area contributed by atoms with Crippen molar-refractivity contribution in [2.75, 3.05) is 0 Å². The van der Waals surface area contributed by atoms with Gasteiger partial charge in [0.1, 0.15) is 23.2 Å². The summed E-state index contributed by atoms with van der Waals surface area (Å²) in [7, 11) is 0. The average Bonchev–Trinajstić information content (AvgIpc) is 2.33. The van der Waals surface area contributed by atoms with E-state index in [-0.39, 0.29) is 12.8 Å². The minimum atomic E-state index is -1.41. The molecule has 0 fully saturated rings. The van der Waals surface area contributed by atoms with E-state index >= 15 is 0 Å². The van der Waals surface area contributed by atoms with Crippen LogP contribution in [0.2, 0.25) is 0 Å². The predicted molar refractivity (Wildman–Crippen MR) is 65.4 cm³/mol. The zero-order valence-corrected chi connectivity index (χ0v) is 10.3. The zero-order chi connectivity index (χ0) is 15.3. The number of carbonyl (C=O) groups excluding carboxylic acids is 2. The molecule has 1 rings (SSSR count). The van der Waals surface area contributed by atoms with E-state index in [0.29, 0.717) is 0 Å². The minimum absolute atomic E-state index is 0.231. The number of carboxylic acid groups (broad SMARTS) is 1. The molecule has 0 radical (unpaired) electrons. The second-order valence-electron chi connectivity index (χ2n) is 4.00. The van der Waals surface area contributed by atoms with Crippen LogP contribution in [-0.4, -0.2) is 34.0 Å². The first-order chi connectivity index (χ1) is 9.32. The molecule has 2 amide bonds. The van der Waals surface area contributed by atoms with Crippen LogP contribution >= 0.6 is 0 Å². The molecule has 5 N–H and O–H groups in total. The SMILES string of the molecule is NC(=O)CC[C@H](NC(=O)c1c(O)cccc1F)C(=O)O. The first-order valence-electron chi connectivity index (χ1n) is 5.62. The molecule has 0 aliphatic carbocycles. The summed E-state index contributed by atoms with van der Waals surface area (Å²) in [5, 5.41) is 20.3. The number of primary amides is 1. The lowest BCUT2D eigenvalue weighted by molar-refractivity contribution is -0.139. The highest BCUT2D eigenvalue weighted by Crippen LogP contribution is 2.19. The fourth-order valence-electron chi connectivity index (χ4n) is 1.51. The molecule has 0 bridgehead atoms. The van der Waals surface area contributed by atoms with Crippen LogP contribution in [0.15, 0.2) is 18.2 Å². The number of nitrogens with two attached hydrogens (primary N) is 1. The Balaban J connectivity index is 2.86. The molecular weight excluding hydrogens is 271 g/mol. The number of rotatable bonds is 6. The van der Waals surface area contributed by atoms with E-state index in [1.165, 1.54) is 6.07 Å². The number of benzene rings is 1. The van der Waals surface area contributed by atoms with Gasteiger partial charge in [0, 0.05) is 6.42 Å². The van der Waals surface area contributed by atoms with E-state index in [0.717, 1.165) is 12.1 Å². The van der Waals surface area contributed by atoms with Crippen molar-refractivity contribution in [3.63, 3.8) is 0 Å². The maximum atomic E-state index is 13.4. The largest absolute Gasteiger partial charge is 0.507 e. The van der Waals surface area contributed by atoms with E-state index in [1.54, 1.807) is 0 Å². The molecule has 0 unspecified atom stereocenters. The molecule has 108 valence electrons. The van der Waals surface area contributed by atoms with Crippen molar-refractivity contribution in [2.24, 2.45) is 5.73 Å². The smallest absolute Gasteiger partial charge is 0.326 e. The molecule has 0 aliphatic rings. The number of phenolic OH excluding ortho intramolecular Hbond substituents is 1. The van der Waals surface area contributed by atoms with E-state index in [9.17, 15) is 23.9 Å². The van der Waals surface area contributed by atoms with Gasteiger partial charge in [-0.1, -0.05) is 6.07 Å². The number of carboxylic acids is 1. The van der Waals surface area contributed by atoms with Gasteiger partial charge in [0.05, 0.1) is 0 Å². The fraction of sp³-hybridized carbons (Fsp3) is 0.250. The third-order valence-corrected chi connectivity index (χ3v) is 2.50. The Morgan fingerprint density at radius 3 is 2.50 bits per heavy atom. The van der Waals surface area contributed by atoms with E-state index in [1.807, 2.05) is 5.32 Å². The summed E-state index contributed by atoms with van der Waals surface area (Å²) in [6.07, 6.45) is -0.480. The van der Waals surface area contributed by atoms with Gasteiger partial charge in [-0.2, -0.15) is 0 Å². The van der Waals surface area contributed by atoms with E-state index in [2.05, 4.69) is 0 Å². The minimum Gasteiger partial charge on any atom is -0.507 e. The molecule has 20 heavy (non-hydrogen) atoms. The Labute approximate surface area is 113 Å². The van der Waals surface area contributed by atoms with Crippen molar-refractivity contribution in [3.8, 4) is 5.75 Å². The van der Waals surface area contributed by atoms with Crippen LogP contribution in [0, 0.1) is 5.82 Å². The topological polar surface area (TPSA) is 130 Å². The van der Waals surface area contributed by atoms with Crippen LogP contribution in [-0.2, 0) is 9.59 Å². The highest BCUT2D eigenvalue weighted by molar-refractivity contribution is 5.99. The van der Waals surface area contributed by atoms with Crippen LogP contribution in [0.4, 0.5) is 4.39 Å². The summed E-state index contributed by atoms with van der Waals surface area (Å²) in [5.74, 6) is -4.80. The number of phenols is 1. The summed E-state index contributed by atoms with van der Waals surface area (Å²) in [5.41, 5.74) is 4.23. The molecule has 8 heteroatoms. The zero-order valence-electron chi connectivity index (χ0n) is 10.3. The molecule has 0 saturated carbocycles. The van der Waals surface area contributed by atoms with Crippen LogP contribution < -0.4 is 11.1 Å². The van der Waals surface area contributed by atoms with Gasteiger partial charge in [0.15, 0.2) is 0 Å². The molecule has 1 aromatic carbocycles. The summed E-state index contributed by atoms with van der Waals surface area (Å²) in [6, 6.07) is 1.84. The number of aromatic hydroxyl groups is 1. The number of nitrogens with one attached hydrogen (secondary N) is 1. The maximum absolute atomic E-state index is 13.4. The third kappa shape index (κ3) is 3.94. The Hall–Kier alpha value is -2.64. The van der Waals surface area contributed by atoms with Crippen molar-refractivity contribution in [2.45, 2.75) is 18.9 Å². The van der Waals surface area contributed by atoms with Crippen LogP contribution in [0.25, 0.3) is 0 Å². The van der Waals surface area contributed by atoms with Crippen LogP contribution in [0.3, 0.4) is 0 Å². The van der Waals surface area contributed by atoms with E-state index < -0.39 is 41.0 Å². The molecule has 1 atom stereocenters. The molecule has 0 spiro atoms. The number of hydrogen-bond donors (Lipinski definition) is 4. The Kier molecular flexibility index (Phi) is 5.01. The van der Waals surface area contributed by atoms with Gasteiger partial charge >= 0.3 is 5.97 Å². The maximum Gasteiger partial charge on any atom is 0.326 e. The molecule has 0 saturated heterocycles. The summed E-state index contributed by atoms with van der Waals surface area (Å²) < 4.78 is 13.4. The molecule has 1 aromatic rings. The normalized spacial score (nSPS) is 11.7.